The average Bonchev–Trinajstić information content (AvgIpc) is 3.22. The van der Waals surface area contributed by atoms with Gasteiger partial charge in [0.2, 0.25) is 0 Å². The first kappa shape index (κ1) is 20.9. The molecule has 3 rings (SSSR count). The first-order valence-electron chi connectivity index (χ1n) is 8.89. The number of halogens is 3. The van der Waals surface area contributed by atoms with Gasteiger partial charge in [0.25, 0.3) is 5.91 Å². The lowest BCUT2D eigenvalue weighted by Gasteiger charge is -2.16. The summed E-state index contributed by atoms with van der Waals surface area (Å²) in [5.41, 5.74) is 5.32. The number of aromatic amines is 1. The average molecular weight is 417 g/mol. The predicted molar refractivity (Wildman–Crippen MR) is 103 cm³/mol. The third kappa shape index (κ3) is 5.16. The lowest BCUT2D eigenvalue weighted by molar-refractivity contribution is -0.137. The quantitative estimate of drug-likeness (QED) is 0.486. The van der Waals surface area contributed by atoms with E-state index in [0.29, 0.717) is 5.69 Å². The fourth-order valence-electron chi connectivity index (χ4n) is 2.68. The van der Waals surface area contributed by atoms with Gasteiger partial charge < -0.3 is 5.32 Å². The van der Waals surface area contributed by atoms with Gasteiger partial charge in [-0.25, -0.2) is 10.2 Å². The molecule has 0 radical (unpaired) electrons. The number of carbonyl (C=O) groups is 2. The van der Waals surface area contributed by atoms with E-state index in [1.807, 2.05) is 30.3 Å². The van der Waals surface area contributed by atoms with Crippen LogP contribution in [0.25, 0.3) is 11.3 Å². The van der Waals surface area contributed by atoms with Crippen LogP contribution < -0.4 is 16.2 Å². The highest BCUT2D eigenvalue weighted by atomic mass is 19.4. The first-order chi connectivity index (χ1) is 14.2. The molecule has 1 heterocycles. The van der Waals surface area contributed by atoms with Crippen LogP contribution in [0.5, 0.6) is 0 Å². The Hall–Kier alpha value is -3.82. The third-order valence-electron chi connectivity index (χ3n) is 4.24. The molecule has 30 heavy (non-hydrogen) atoms. The minimum Gasteiger partial charge on any atom is -0.330 e. The van der Waals surface area contributed by atoms with Crippen LogP contribution in [0.15, 0.2) is 60.7 Å². The van der Waals surface area contributed by atoms with Crippen molar-refractivity contribution in [1.82, 2.24) is 26.4 Å². The molecule has 1 aromatic heterocycles. The third-order valence-corrected chi connectivity index (χ3v) is 4.24. The van der Waals surface area contributed by atoms with E-state index in [1.54, 1.807) is 0 Å². The van der Waals surface area contributed by atoms with Crippen molar-refractivity contribution in [3.05, 3.63) is 77.5 Å². The predicted octanol–water partition coefficient (Wildman–Crippen LogP) is 3.80. The van der Waals surface area contributed by atoms with E-state index in [-0.39, 0.29) is 11.3 Å². The van der Waals surface area contributed by atoms with Crippen molar-refractivity contribution in [2.45, 2.75) is 19.1 Å². The molecule has 4 N–H and O–H groups in total. The number of nitrogens with one attached hydrogen (secondary N) is 4. The zero-order valence-corrected chi connectivity index (χ0v) is 15.7. The van der Waals surface area contributed by atoms with Crippen molar-refractivity contribution in [2.75, 3.05) is 0 Å². The summed E-state index contributed by atoms with van der Waals surface area (Å²) in [6, 6.07) is 13.8. The summed E-state index contributed by atoms with van der Waals surface area (Å²) in [5.74, 6) is -0.633. The molecular formula is C20H18F3N5O2. The second-order valence-electron chi connectivity index (χ2n) is 6.43. The zero-order valence-electron chi connectivity index (χ0n) is 15.7. The largest absolute Gasteiger partial charge is 0.416 e. The van der Waals surface area contributed by atoms with E-state index in [4.69, 9.17) is 0 Å². The lowest BCUT2D eigenvalue weighted by Crippen LogP contribution is -2.47. The summed E-state index contributed by atoms with van der Waals surface area (Å²) in [5, 5.41) is 9.07. The number of hydrogen-bond donors (Lipinski definition) is 4. The van der Waals surface area contributed by atoms with E-state index in [0.717, 1.165) is 17.7 Å². The number of aromatic nitrogens is 2. The Labute approximate surface area is 169 Å². The van der Waals surface area contributed by atoms with E-state index >= 15 is 0 Å². The number of benzene rings is 2. The number of urea groups is 1. The molecule has 0 saturated carbocycles. The monoisotopic (exact) mass is 417 g/mol. The number of hydrogen-bond acceptors (Lipinski definition) is 3. The fraction of sp³-hybridized carbons (Fsp3) is 0.150. The van der Waals surface area contributed by atoms with Gasteiger partial charge in [0, 0.05) is 5.56 Å². The zero-order chi connectivity index (χ0) is 21.7. The maximum Gasteiger partial charge on any atom is 0.416 e. The van der Waals surface area contributed by atoms with E-state index < -0.39 is 29.7 Å². The lowest BCUT2D eigenvalue weighted by atomic mass is 10.1. The van der Waals surface area contributed by atoms with Gasteiger partial charge in [-0.15, -0.1) is 0 Å². The van der Waals surface area contributed by atoms with E-state index in [9.17, 15) is 22.8 Å². The molecule has 0 fully saturated rings. The number of amides is 3. The SMILES string of the molecule is C[C@@H](NC(=O)NNC(=O)c1cc(-c2ccccc2)n[nH]1)c1cccc(C(F)(F)F)c1. The molecule has 1 atom stereocenters. The maximum atomic E-state index is 12.8. The summed E-state index contributed by atoms with van der Waals surface area (Å²) in [4.78, 5) is 24.1. The normalized spacial score (nSPS) is 12.1. The molecule has 3 aromatic rings. The van der Waals surface area contributed by atoms with Crippen LogP contribution in [-0.4, -0.2) is 22.1 Å². The van der Waals surface area contributed by atoms with Gasteiger partial charge in [-0.3, -0.25) is 15.3 Å². The van der Waals surface area contributed by atoms with Gasteiger partial charge in [-0.1, -0.05) is 42.5 Å². The van der Waals surface area contributed by atoms with Gasteiger partial charge in [0.15, 0.2) is 0 Å². The molecular weight excluding hydrogens is 399 g/mol. The first-order valence-corrected chi connectivity index (χ1v) is 8.89. The Morgan fingerprint density at radius 2 is 1.73 bits per heavy atom. The van der Waals surface area contributed by atoms with Crippen LogP contribution in [0.2, 0.25) is 0 Å². The smallest absolute Gasteiger partial charge is 0.330 e. The number of carbonyl (C=O) groups excluding carboxylic acids is 2. The minimum atomic E-state index is -4.48. The van der Waals surface area contributed by atoms with E-state index in [1.165, 1.54) is 25.1 Å². The Balaban J connectivity index is 1.54. The molecule has 0 aliphatic rings. The topological polar surface area (TPSA) is 98.9 Å². The summed E-state index contributed by atoms with van der Waals surface area (Å²) < 4.78 is 38.5. The number of nitrogens with zero attached hydrogens (tertiary/aromatic N) is 1. The van der Waals surface area contributed by atoms with Crippen molar-refractivity contribution in [1.29, 1.82) is 0 Å². The standard InChI is InChI=1S/C20H18F3N5O2/c1-12(14-8-5-9-15(10-14)20(21,22)23)24-19(30)28-27-18(29)17-11-16(25-26-17)13-6-3-2-4-7-13/h2-12H,1H3,(H,25,26)(H,27,29)(H2,24,28,30)/t12-/m1/s1. The molecule has 0 aliphatic heterocycles. The van der Waals surface area contributed by atoms with Crippen LogP contribution in [0, 0.1) is 0 Å². The van der Waals surface area contributed by atoms with Gasteiger partial charge in [0.05, 0.1) is 17.3 Å². The van der Waals surface area contributed by atoms with Crippen molar-refractivity contribution >= 4 is 11.9 Å². The summed E-state index contributed by atoms with van der Waals surface area (Å²) in [6.45, 7) is 1.53. The summed E-state index contributed by atoms with van der Waals surface area (Å²) >= 11 is 0. The minimum absolute atomic E-state index is 0.125. The maximum absolute atomic E-state index is 12.8. The summed E-state index contributed by atoms with van der Waals surface area (Å²) in [6.07, 6.45) is -4.48. The highest BCUT2D eigenvalue weighted by Gasteiger charge is 2.30. The Bertz CT molecular complexity index is 1030. The molecule has 0 spiro atoms. The molecule has 0 bridgehead atoms. The molecule has 3 amide bonds. The number of H-pyrrole nitrogens is 1. The molecule has 156 valence electrons. The molecule has 7 nitrogen and oxygen atoms in total. The van der Waals surface area contributed by atoms with Crippen LogP contribution in [0.4, 0.5) is 18.0 Å². The van der Waals surface area contributed by atoms with Crippen LogP contribution in [-0.2, 0) is 6.18 Å². The Morgan fingerprint density at radius 3 is 2.43 bits per heavy atom. The Morgan fingerprint density at radius 1 is 1.00 bits per heavy atom. The molecule has 2 aromatic carbocycles. The van der Waals surface area contributed by atoms with Gasteiger partial charge in [-0.05, 0) is 30.7 Å². The Kier molecular flexibility index (Phi) is 6.05. The van der Waals surface area contributed by atoms with Crippen molar-refractivity contribution < 1.29 is 22.8 Å². The molecule has 0 saturated heterocycles. The van der Waals surface area contributed by atoms with Crippen molar-refractivity contribution in [2.24, 2.45) is 0 Å². The van der Waals surface area contributed by atoms with Crippen LogP contribution in [0.3, 0.4) is 0 Å². The summed E-state index contributed by atoms with van der Waals surface area (Å²) in [7, 11) is 0. The molecule has 10 heteroatoms. The van der Waals surface area contributed by atoms with Crippen LogP contribution in [0.1, 0.15) is 34.6 Å². The number of hydrazine groups is 1. The second-order valence-corrected chi connectivity index (χ2v) is 6.43. The van der Waals surface area contributed by atoms with E-state index in [2.05, 4.69) is 26.4 Å². The number of alkyl halides is 3. The van der Waals surface area contributed by atoms with Crippen molar-refractivity contribution in [3.8, 4) is 11.3 Å². The second kappa shape index (κ2) is 8.68. The van der Waals surface area contributed by atoms with Gasteiger partial charge in [0.1, 0.15) is 5.69 Å². The molecule has 0 aliphatic carbocycles. The highest BCUT2D eigenvalue weighted by molar-refractivity contribution is 5.94. The highest BCUT2D eigenvalue weighted by Crippen LogP contribution is 2.30. The van der Waals surface area contributed by atoms with Crippen molar-refractivity contribution in [3.63, 3.8) is 0 Å². The van der Waals surface area contributed by atoms with Gasteiger partial charge >= 0.3 is 12.2 Å². The van der Waals surface area contributed by atoms with Crippen LogP contribution >= 0.6 is 0 Å². The van der Waals surface area contributed by atoms with Gasteiger partial charge in [-0.2, -0.15) is 18.3 Å². The fourth-order valence-corrected chi connectivity index (χ4v) is 2.68. The number of rotatable bonds is 4. The molecule has 0 unspecified atom stereocenters.